The zero-order valence-corrected chi connectivity index (χ0v) is 9.45. The number of carbonyl (C=O) groups excluding carboxylic acids is 1. The second kappa shape index (κ2) is 4.53. The molecule has 16 heavy (non-hydrogen) atoms. The van der Waals surface area contributed by atoms with Gasteiger partial charge in [-0.15, -0.1) is 0 Å². The van der Waals surface area contributed by atoms with Crippen molar-refractivity contribution in [2.24, 2.45) is 0 Å². The van der Waals surface area contributed by atoms with Gasteiger partial charge in [0.15, 0.2) is 0 Å². The van der Waals surface area contributed by atoms with Crippen LogP contribution in [0.3, 0.4) is 0 Å². The molecule has 0 aromatic rings. The predicted molar refractivity (Wildman–Crippen MR) is 59.4 cm³/mol. The Kier molecular flexibility index (Phi) is 3.10. The Morgan fingerprint density at radius 2 is 2.19 bits per heavy atom. The van der Waals surface area contributed by atoms with Crippen molar-refractivity contribution in [3.63, 3.8) is 0 Å². The van der Waals surface area contributed by atoms with Gasteiger partial charge < -0.3 is 14.8 Å². The van der Waals surface area contributed by atoms with Gasteiger partial charge in [0.05, 0.1) is 13.5 Å². The standard InChI is InChI=1S/C12H15NO3/c1-15-10-5-8-3-4-13-12(14)7-9(8)6-11(10)16-2/h3-4,6,10H,5,7H2,1-2H3,(H,13,14). The maximum absolute atomic E-state index is 11.4. The molecule has 1 unspecified atom stereocenters. The quantitative estimate of drug-likeness (QED) is 0.763. The van der Waals surface area contributed by atoms with Crippen LogP contribution >= 0.6 is 0 Å². The van der Waals surface area contributed by atoms with Crippen LogP contribution in [0.4, 0.5) is 0 Å². The van der Waals surface area contributed by atoms with E-state index in [4.69, 9.17) is 9.47 Å². The first-order valence-corrected chi connectivity index (χ1v) is 5.21. The molecular weight excluding hydrogens is 206 g/mol. The highest BCUT2D eigenvalue weighted by molar-refractivity contribution is 5.81. The van der Waals surface area contributed by atoms with Crippen molar-refractivity contribution in [1.82, 2.24) is 5.32 Å². The largest absolute Gasteiger partial charge is 0.498 e. The van der Waals surface area contributed by atoms with Gasteiger partial charge in [0.2, 0.25) is 5.91 Å². The Morgan fingerprint density at radius 3 is 2.88 bits per heavy atom. The summed E-state index contributed by atoms with van der Waals surface area (Å²) in [6, 6.07) is 0. The molecule has 0 radical (unpaired) electrons. The van der Waals surface area contributed by atoms with Crippen molar-refractivity contribution in [2.75, 3.05) is 14.2 Å². The van der Waals surface area contributed by atoms with Gasteiger partial charge >= 0.3 is 0 Å². The molecule has 1 heterocycles. The number of hydrogen-bond acceptors (Lipinski definition) is 3. The van der Waals surface area contributed by atoms with E-state index in [0.717, 1.165) is 23.3 Å². The highest BCUT2D eigenvalue weighted by atomic mass is 16.5. The van der Waals surface area contributed by atoms with Crippen molar-refractivity contribution in [3.8, 4) is 0 Å². The van der Waals surface area contributed by atoms with Gasteiger partial charge in [0.1, 0.15) is 11.9 Å². The summed E-state index contributed by atoms with van der Waals surface area (Å²) >= 11 is 0. The van der Waals surface area contributed by atoms with Crippen LogP contribution in [-0.2, 0) is 14.3 Å². The molecular formula is C12H15NO3. The Labute approximate surface area is 94.6 Å². The van der Waals surface area contributed by atoms with Crippen molar-refractivity contribution < 1.29 is 14.3 Å². The lowest BCUT2D eigenvalue weighted by Gasteiger charge is -2.24. The number of methoxy groups -OCH3 is 2. The lowest BCUT2D eigenvalue weighted by atomic mass is 9.92. The van der Waals surface area contributed by atoms with E-state index in [9.17, 15) is 4.79 Å². The summed E-state index contributed by atoms with van der Waals surface area (Å²) in [5.41, 5.74) is 2.14. The maximum atomic E-state index is 11.4. The zero-order chi connectivity index (χ0) is 11.5. The van der Waals surface area contributed by atoms with Gasteiger partial charge in [-0.05, 0) is 23.3 Å². The smallest absolute Gasteiger partial charge is 0.228 e. The molecule has 0 saturated carbocycles. The van der Waals surface area contributed by atoms with E-state index >= 15 is 0 Å². The lowest BCUT2D eigenvalue weighted by Crippen LogP contribution is -2.21. The number of ether oxygens (including phenoxy) is 2. The van der Waals surface area contributed by atoms with Crippen molar-refractivity contribution >= 4 is 5.91 Å². The molecule has 86 valence electrons. The van der Waals surface area contributed by atoms with Crippen LogP contribution in [0.2, 0.25) is 0 Å². The molecule has 0 spiro atoms. The molecule has 0 bridgehead atoms. The first kappa shape index (κ1) is 11.0. The molecule has 2 rings (SSSR count). The summed E-state index contributed by atoms with van der Waals surface area (Å²) in [6.07, 6.45) is 6.60. The van der Waals surface area contributed by atoms with Gasteiger partial charge in [-0.3, -0.25) is 4.79 Å². The van der Waals surface area contributed by atoms with E-state index in [1.807, 2.05) is 12.2 Å². The Morgan fingerprint density at radius 1 is 1.38 bits per heavy atom. The minimum absolute atomic E-state index is 0.00354. The van der Waals surface area contributed by atoms with E-state index in [1.54, 1.807) is 20.4 Å². The summed E-state index contributed by atoms with van der Waals surface area (Å²) in [5, 5.41) is 2.69. The van der Waals surface area contributed by atoms with Crippen LogP contribution in [0.15, 0.2) is 35.3 Å². The van der Waals surface area contributed by atoms with Crippen LogP contribution in [0.1, 0.15) is 12.8 Å². The molecule has 0 fully saturated rings. The maximum Gasteiger partial charge on any atom is 0.228 e. The number of rotatable bonds is 2. The summed E-state index contributed by atoms with van der Waals surface area (Å²) in [4.78, 5) is 11.4. The number of nitrogens with one attached hydrogen (secondary N) is 1. The van der Waals surface area contributed by atoms with Crippen LogP contribution in [0.5, 0.6) is 0 Å². The topological polar surface area (TPSA) is 47.6 Å². The van der Waals surface area contributed by atoms with Gasteiger partial charge in [0.25, 0.3) is 0 Å². The highest BCUT2D eigenvalue weighted by Crippen LogP contribution is 2.30. The first-order chi connectivity index (χ1) is 7.74. The molecule has 0 saturated heterocycles. The molecule has 1 atom stereocenters. The fourth-order valence-electron chi connectivity index (χ4n) is 1.98. The molecule has 4 nitrogen and oxygen atoms in total. The number of hydrogen-bond donors (Lipinski definition) is 1. The molecule has 1 aliphatic carbocycles. The minimum Gasteiger partial charge on any atom is -0.498 e. The average Bonchev–Trinajstić information content (AvgIpc) is 2.47. The number of carbonyl (C=O) groups is 1. The third-order valence-corrected chi connectivity index (χ3v) is 2.85. The average molecular weight is 221 g/mol. The van der Waals surface area contributed by atoms with Crippen LogP contribution in [0, 0.1) is 0 Å². The van der Waals surface area contributed by atoms with E-state index in [1.165, 1.54) is 0 Å². The molecule has 0 aromatic carbocycles. The van der Waals surface area contributed by atoms with Crippen molar-refractivity contribution in [2.45, 2.75) is 18.9 Å². The Hall–Kier alpha value is -1.55. The molecule has 1 N–H and O–H groups in total. The minimum atomic E-state index is -0.0541. The summed E-state index contributed by atoms with van der Waals surface area (Å²) < 4.78 is 10.6. The SMILES string of the molecule is COC1=CC2=C(C=CNC(=O)C2)CC1OC. The van der Waals surface area contributed by atoms with Gasteiger partial charge in [-0.2, -0.15) is 0 Å². The van der Waals surface area contributed by atoms with Crippen molar-refractivity contribution in [1.29, 1.82) is 0 Å². The molecule has 1 amide bonds. The second-order valence-electron chi connectivity index (χ2n) is 3.81. The fourth-order valence-corrected chi connectivity index (χ4v) is 1.98. The monoisotopic (exact) mass is 221 g/mol. The van der Waals surface area contributed by atoms with Crippen LogP contribution in [-0.4, -0.2) is 26.2 Å². The highest BCUT2D eigenvalue weighted by Gasteiger charge is 2.24. The van der Waals surface area contributed by atoms with Crippen molar-refractivity contribution in [3.05, 3.63) is 35.3 Å². The van der Waals surface area contributed by atoms with Gasteiger partial charge in [-0.25, -0.2) is 0 Å². The number of amides is 1. The van der Waals surface area contributed by atoms with E-state index in [0.29, 0.717) is 6.42 Å². The third kappa shape index (κ3) is 2.02. The predicted octanol–water partition coefficient (Wildman–Crippen LogP) is 1.27. The fraction of sp³-hybridized carbons (Fsp3) is 0.417. The van der Waals surface area contributed by atoms with E-state index in [2.05, 4.69) is 5.32 Å². The normalized spacial score (nSPS) is 24.5. The third-order valence-electron chi connectivity index (χ3n) is 2.85. The Balaban J connectivity index is 2.32. The van der Waals surface area contributed by atoms with E-state index < -0.39 is 0 Å². The summed E-state index contributed by atoms with van der Waals surface area (Å²) in [6.45, 7) is 0. The lowest BCUT2D eigenvalue weighted by molar-refractivity contribution is -0.119. The second-order valence-corrected chi connectivity index (χ2v) is 3.81. The summed E-state index contributed by atoms with van der Waals surface area (Å²) in [5.74, 6) is 0.785. The molecule has 0 aromatic heterocycles. The first-order valence-electron chi connectivity index (χ1n) is 5.21. The van der Waals surface area contributed by atoms with E-state index in [-0.39, 0.29) is 12.0 Å². The molecule has 1 aliphatic heterocycles. The zero-order valence-electron chi connectivity index (χ0n) is 9.45. The Bertz CT molecular complexity index is 393. The van der Waals surface area contributed by atoms with Gasteiger partial charge in [-0.1, -0.05) is 0 Å². The molecule has 4 heteroatoms. The number of allylic oxidation sites excluding steroid dienone is 2. The van der Waals surface area contributed by atoms with Gasteiger partial charge in [0, 0.05) is 19.7 Å². The van der Waals surface area contributed by atoms with Crippen LogP contribution < -0.4 is 5.32 Å². The molecule has 2 aliphatic rings. The van der Waals surface area contributed by atoms with Crippen LogP contribution in [0.25, 0.3) is 0 Å². The summed E-state index contributed by atoms with van der Waals surface area (Å²) in [7, 11) is 3.28.